The van der Waals surface area contributed by atoms with Crippen LogP contribution < -0.4 is 9.47 Å². The van der Waals surface area contributed by atoms with E-state index < -0.39 is 35.3 Å². The van der Waals surface area contributed by atoms with E-state index in [1.165, 1.54) is 48.5 Å². The van der Waals surface area contributed by atoms with Crippen LogP contribution in [0.15, 0.2) is 48.5 Å². The first kappa shape index (κ1) is 16.8. The second kappa shape index (κ2) is 7.14. The zero-order chi connectivity index (χ0) is 17.7. The van der Waals surface area contributed by atoms with Gasteiger partial charge in [0.2, 0.25) is 0 Å². The summed E-state index contributed by atoms with van der Waals surface area (Å²) in [5.41, 5.74) is 0. The highest BCUT2D eigenvalue weighted by atomic mass is 16.6. The predicted molar refractivity (Wildman–Crippen MR) is 78.6 cm³/mol. The first-order valence-electron chi connectivity index (χ1n) is 6.62. The summed E-state index contributed by atoms with van der Waals surface area (Å²) in [4.78, 5) is 35.1. The first-order chi connectivity index (χ1) is 11.4. The van der Waals surface area contributed by atoms with Crippen molar-refractivity contribution in [1.29, 1.82) is 0 Å². The van der Waals surface area contributed by atoms with Gasteiger partial charge in [-0.1, -0.05) is 24.3 Å². The van der Waals surface area contributed by atoms with E-state index in [2.05, 4.69) is 0 Å². The molecule has 2 aromatic rings. The molecule has 8 nitrogen and oxygen atoms in total. The summed E-state index contributed by atoms with van der Waals surface area (Å²) in [6.07, 6.45) is 0. The topological polar surface area (TPSA) is 130 Å². The second-order valence-electron chi connectivity index (χ2n) is 4.55. The number of ether oxygens (including phenoxy) is 2. The second-order valence-corrected chi connectivity index (χ2v) is 4.55. The quantitative estimate of drug-likeness (QED) is 0.424. The number of para-hydroxylation sites is 4. The fourth-order valence-electron chi connectivity index (χ4n) is 1.72. The van der Waals surface area contributed by atoms with Gasteiger partial charge in [0.25, 0.3) is 5.92 Å². The number of benzene rings is 2. The molecule has 0 unspecified atom stereocenters. The zero-order valence-corrected chi connectivity index (χ0v) is 12.1. The fourth-order valence-corrected chi connectivity index (χ4v) is 1.72. The molecule has 0 aliphatic heterocycles. The summed E-state index contributed by atoms with van der Waals surface area (Å²) in [5, 5.41) is 28.1. The van der Waals surface area contributed by atoms with Crippen LogP contribution in [0.2, 0.25) is 0 Å². The molecule has 3 N–H and O–H groups in total. The minimum atomic E-state index is -2.29. The molecule has 0 fully saturated rings. The van der Waals surface area contributed by atoms with Crippen LogP contribution in [0.5, 0.6) is 23.0 Å². The third-order valence-electron chi connectivity index (χ3n) is 2.87. The van der Waals surface area contributed by atoms with Crippen molar-refractivity contribution in [2.45, 2.75) is 0 Å². The number of carboxylic acid groups (broad SMARTS) is 1. The van der Waals surface area contributed by atoms with Crippen molar-refractivity contribution in [2.24, 2.45) is 5.92 Å². The van der Waals surface area contributed by atoms with Gasteiger partial charge in [-0.25, -0.2) is 0 Å². The van der Waals surface area contributed by atoms with Crippen LogP contribution in [0.25, 0.3) is 0 Å². The standard InChI is InChI=1S/C16H12O8/c17-9-5-1-3-7-11(9)23-15(21)13(14(19)20)16(22)24-12-8-4-2-6-10(12)18/h1-8,13,17-18H,(H,19,20). The van der Waals surface area contributed by atoms with Crippen molar-refractivity contribution in [3.63, 3.8) is 0 Å². The molecule has 0 radical (unpaired) electrons. The van der Waals surface area contributed by atoms with E-state index in [-0.39, 0.29) is 11.5 Å². The Balaban J connectivity index is 2.18. The van der Waals surface area contributed by atoms with Crippen molar-refractivity contribution < 1.29 is 39.2 Å². The molecule has 0 spiro atoms. The maximum Gasteiger partial charge on any atom is 0.337 e. The lowest BCUT2D eigenvalue weighted by molar-refractivity contribution is -0.161. The van der Waals surface area contributed by atoms with Crippen LogP contribution in [-0.2, 0) is 14.4 Å². The van der Waals surface area contributed by atoms with Crippen molar-refractivity contribution in [3.05, 3.63) is 48.5 Å². The van der Waals surface area contributed by atoms with E-state index in [9.17, 15) is 24.6 Å². The molecule has 2 aromatic carbocycles. The number of aliphatic carboxylic acids is 1. The van der Waals surface area contributed by atoms with Gasteiger partial charge in [-0.3, -0.25) is 14.4 Å². The Hall–Kier alpha value is -3.55. The Morgan fingerprint density at radius 3 is 1.46 bits per heavy atom. The lowest BCUT2D eigenvalue weighted by Crippen LogP contribution is -2.37. The molecule has 0 aromatic heterocycles. The Morgan fingerprint density at radius 2 is 1.12 bits per heavy atom. The van der Waals surface area contributed by atoms with E-state index >= 15 is 0 Å². The molecule has 0 saturated heterocycles. The molecule has 0 heterocycles. The molecule has 0 amide bonds. The van der Waals surface area contributed by atoms with Crippen LogP contribution >= 0.6 is 0 Å². The summed E-state index contributed by atoms with van der Waals surface area (Å²) < 4.78 is 9.45. The van der Waals surface area contributed by atoms with Crippen LogP contribution in [0.4, 0.5) is 0 Å². The average Bonchev–Trinajstić information content (AvgIpc) is 2.51. The number of carbonyl (C=O) groups excluding carboxylic acids is 2. The summed E-state index contributed by atoms with van der Waals surface area (Å²) >= 11 is 0. The smallest absolute Gasteiger partial charge is 0.337 e. The minimum absolute atomic E-state index is 0.302. The Labute approximate surface area is 135 Å². The number of hydrogen-bond acceptors (Lipinski definition) is 7. The minimum Gasteiger partial charge on any atom is -0.504 e. The molecule has 24 heavy (non-hydrogen) atoms. The van der Waals surface area contributed by atoms with Crippen molar-refractivity contribution >= 4 is 17.9 Å². The van der Waals surface area contributed by atoms with Gasteiger partial charge in [-0.15, -0.1) is 0 Å². The van der Waals surface area contributed by atoms with Gasteiger partial charge in [-0.05, 0) is 24.3 Å². The number of phenols is 2. The predicted octanol–water partition coefficient (Wildman–Crippen LogP) is 1.31. The summed E-state index contributed by atoms with van der Waals surface area (Å²) in [7, 11) is 0. The first-order valence-corrected chi connectivity index (χ1v) is 6.62. The van der Waals surface area contributed by atoms with E-state index in [0.717, 1.165) is 0 Å². The van der Waals surface area contributed by atoms with Gasteiger partial charge in [0, 0.05) is 0 Å². The Kier molecular flexibility index (Phi) is 5.00. The molecule has 8 heteroatoms. The number of rotatable bonds is 5. The lowest BCUT2D eigenvalue weighted by atomic mass is 10.1. The van der Waals surface area contributed by atoms with E-state index in [1.807, 2.05) is 0 Å². The SMILES string of the molecule is O=C(O)C(C(=O)Oc1ccccc1O)C(=O)Oc1ccccc1O. The van der Waals surface area contributed by atoms with Crippen LogP contribution in [0, 0.1) is 5.92 Å². The van der Waals surface area contributed by atoms with Crippen LogP contribution in [0.3, 0.4) is 0 Å². The monoisotopic (exact) mass is 332 g/mol. The normalized spacial score (nSPS) is 10.2. The molecule has 0 aliphatic rings. The third kappa shape index (κ3) is 3.80. The highest BCUT2D eigenvalue weighted by Crippen LogP contribution is 2.27. The highest BCUT2D eigenvalue weighted by molar-refractivity contribution is 6.12. The van der Waals surface area contributed by atoms with Gasteiger partial charge in [-0.2, -0.15) is 0 Å². The van der Waals surface area contributed by atoms with Crippen LogP contribution in [-0.4, -0.2) is 33.2 Å². The van der Waals surface area contributed by atoms with Gasteiger partial charge < -0.3 is 24.8 Å². The number of carbonyl (C=O) groups is 3. The van der Waals surface area contributed by atoms with Gasteiger partial charge >= 0.3 is 17.9 Å². The van der Waals surface area contributed by atoms with Crippen molar-refractivity contribution in [1.82, 2.24) is 0 Å². The molecule has 0 atom stereocenters. The summed E-state index contributed by atoms with van der Waals surface area (Å²) in [6.45, 7) is 0. The van der Waals surface area contributed by atoms with Gasteiger partial charge in [0.05, 0.1) is 0 Å². The summed E-state index contributed by atoms with van der Waals surface area (Å²) in [5.74, 6) is -8.37. The average molecular weight is 332 g/mol. The molecular weight excluding hydrogens is 320 g/mol. The highest BCUT2D eigenvalue weighted by Gasteiger charge is 2.38. The molecule has 0 bridgehead atoms. The van der Waals surface area contributed by atoms with Gasteiger partial charge in [0.15, 0.2) is 23.0 Å². The molecule has 124 valence electrons. The third-order valence-corrected chi connectivity index (χ3v) is 2.87. The number of phenolic OH excluding ortho intramolecular Hbond substituents is 2. The van der Waals surface area contributed by atoms with Crippen molar-refractivity contribution in [2.75, 3.05) is 0 Å². The Morgan fingerprint density at radius 1 is 0.750 bits per heavy atom. The molecule has 2 rings (SSSR count). The number of esters is 2. The van der Waals surface area contributed by atoms with Crippen molar-refractivity contribution in [3.8, 4) is 23.0 Å². The number of hydrogen-bond donors (Lipinski definition) is 3. The lowest BCUT2D eigenvalue weighted by Gasteiger charge is -2.12. The fraction of sp³-hybridized carbons (Fsp3) is 0.0625. The van der Waals surface area contributed by atoms with E-state index in [0.29, 0.717) is 0 Å². The zero-order valence-electron chi connectivity index (χ0n) is 12.1. The summed E-state index contributed by atoms with van der Waals surface area (Å²) in [6, 6.07) is 10.7. The van der Waals surface area contributed by atoms with E-state index in [1.54, 1.807) is 0 Å². The maximum absolute atomic E-state index is 11.9. The number of aromatic hydroxyl groups is 2. The Bertz CT molecular complexity index is 724. The maximum atomic E-state index is 11.9. The van der Waals surface area contributed by atoms with Crippen LogP contribution in [0.1, 0.15) is 0 Å². The molecule has 0 saturated carbocycles. The van der Waals surface area contributed by atoms with E-state index in [4.69, 9.17) is 14.6 Å². The van der Waals surface area contributed by atoms with Gasteiger partial charge in [0.1, 0.15) is 0 Å². The largest absolute Gasteiger partial charge is 0.504 e. The molecule has 0 aliphatic carbocycles. The number of carboxylic acids is 1. The molecular formula is C16H12O8.